The Balaban J connectivity index is 2.52. The van der Waals surface area contributed by atoms with Crippen LogP contribution < -0.4 is 4.74 Å². The summed E-state index contributed by atoms with van der Waals surface area (Å²) in [5.74, 6) is 0.975. The second-order valence-corrected chi connectivity index (χ2v) is 4.43. The predicted octanol–water partition coefficient (Wildman–Crippen LogP) is 4.57. The molecule has 0 saturated carbocycles. The Kier molecular flexibility index (Phi) is 6.76. The molecule has 95 valence electrons. The largest absolute Gasteiger partial charge is 0.493 e. The molecule has 0 N–H and O–H groups in total. The topological polar surface area (TPSA) is 9.23 Å². The summed E-state index contributed by atoms with van der Waals surface area (Å²) in [7, 11) is 0. The Labute approximate surface area is 106 Å². The molecule has 1 aromatic carbocycles. The molecule has 0 unspecified atom stereocenters. The Morgan fingerprint density at radius 1 is 1.06 bits per heavy atom. The van der Waals surface area contributed by atoms with Crippen LogP contribution in [0.15, 0.2) is 12.1 Å². The maximum Gasteiger partial charge on any atom is 0.130 e. The van der Waals surface area contributed by atoms with E-state index in [9.17, 15) is 0 Å². The molecule has 0 aromatic heterocycles. The van der Waals surface area contributed by atoms with Gasteiger partial charge in [0.25, 0.3) is 0 Å². The van der Waals surface area contributed by atoms with Crippen molar-refractivity contribution in [1.82, 2.24) is 0 Å². The lowest BCUT2D eigenvalue weighted by atomic mass is 10.0. The molecule has 0 spiro atoms. The second-order valence-electron chi connectivity index (χ2n) is 4.43. The van der Waals surface area contributed by atoms with Gasteiger partial charge in [-0.05, 0) is 30.4 Å². The van der Waals surface area contributed by atoms with Gasteiger partial charge in [-0.25, -0.2) is 0 Å². The van der Waals surface area contributed by atoms with Crippen LogP contribution in [0.2, 0.25) is 0 Å². The van der Waals surface area contributed by atoms with E-state index in [2.05, 4.69) is 32.9 Å². The van der Waals surface area contributed by atoms with Gasteiger partial charge in [-0.15, -0.1) is 0 Å². The highest BCUT2D eigenvalue weighted by Gasteiger charge is 2.06. The number of unbranched alkanes of at least 4 members (excludes halogenated alkanes) is 3. The zero-order valence-corrected chi connectivity index (χ0v) is 11.5. The van der Waals surface area contributed by atoms with E-state index in [-0.39, 0.29) is 0 Å². The molecule has 0 amide bonds. The molecule has 0 aliphatic heterocycles. The number of benzene rings is 1. The zero-order valence-electron chi connectivity index (χ0n) is 11.5. The normalized spacial score (nSPS) is 10.5. The smallest absolute Gasteiger partial charge is 0.130 e. The Hall–Kier alpha value is -0.980. The fourth-order valence-electron chi connectivity index (χ4n) is 2.10. The van der Waals surface area contributed by atoms with Crippen LogP contribution in [0.3, 0.4) is 0 Å². The number of hydrogen-bond donors (Lipinski definition) is 0. The molecule has 0 aliphatic rings. The van der Waals surface area contributed by atoms with Crippen molar-refractivity contribution in [2.45, 2.75) is 59.3 Å². The summed E-state index contributed by atoms with van der Waals surface area (Å²) in [5.41, 5.74) is 2.74. The van der Waals surface area contributed by atoms with Crippen LogP contribution in [-0.4, -0.2) is 6.61 Å². The van der Waals surface area contributed by atoms with Gasteiger partial charge in [0, 0.05) is 6.07 Å². The van der Waals surface area contributed by atoms with Crippen LogP contribution >= 0.6 is 0 Å². The fraction of sp³-hybridized carbons (Fsp3) is 0.625. The minimum atomic E-state index is 0.830. The molecule has 1 aromatic rings. The Morgan fingerprint density at radius 3 is 2.53 bits per heavy atom. The molecule has 17 heavy (non-hydrogen) atoms. The van der Waals surface area contributed by atoms with Gasteiger partial charge in [-0.1, -0.05) is 52.2 Å². The summed E-state index contributed by atoms with van der Waals surface area (Å²) in [6, 6.07) is 7.37. The van der Waals surface area contributed by atoms with E-state index in [1.54, 1.807) is 0 Å². The number of rotatable bonds is 8. The lowest BCUT2D eigenvalue weighted by Crippen LogP contribution is -2.02. The van der Waals surface area contributed by atoms with Gasteiger partial charge >= 0.3 is 0 Å². The average Bonchev–Trinajstić information content (AvgIpc) is 2.38. The standard InChI is InChI=1S/C16H25O/c1-4-7-8-9-13-17-16-12-10-11-14(5-2)15(16)6-3/h10-11H,4-9,13H2,1-3H3. The van der Waals surface area contributed by atoms with E-state index in [1.807, 2.05) is 6.07 Å². The number of hydrogen-bond acceptors (Lipinski definition) is 1. The van der Waals surface area contributed by atoms with E-state index in [4.69, 9.17) is 4.74 Å². The minimum Gasteiger partial charge on any atom is -0.493 e. The van der Waals surface area contributed by atoms with Crippen LogP contribution in [0.25, 0.3) is 0 Å². The van der Waals surface area contributed by atoms with Gasteiger partial charge in [-0.3, -0.25) is 0 Å². The third kappa shape index (κ3) is 4.41. The molecule has 0 aliphatic carbocycles. The molecule has 0 atom stereocenters. The Morgan fingerprint density at radius 2 is 1.88 bits per heavy atom. The van der Waals surface area contributed by atoms with Crippen LogP contribution in [0.4, 0.5) is 0 Å². The molecular formula is C16H25O. The highest BCUT2D eigenvalue weighted by atomic mass is 16.5. The van der Waals surface area contributed by atoms with Gasteiger partial charge in [0.1, 0.15) is 5.75 Å². The molecule has 0 fully saturated rings. The van der Waals surface area contributed by atoms with Crippen LogP contribution in [0.1, 0.15) is 57.6 Å². The van der Waals surface area contributed by atoms with Crippen molar-refractivity contribution in [1.29, 1.82) is 0 Å². The quantitative estimate of drug-likeness (QED) is 0.598. The zero-order chi connectivity index (χ0) is 12.5. The number of ether oxygens (including phenoxy) is 1. The first-order chi connectivity index (χ1) is 8.33. The van der Waals surface area contributed by atoms with Gasteiger partial charge < -0.3 is 4.74 Å². The fourth-order valence-corrected chi connectivity index (χ4v) is 2.10. The minimum absolute atomic E-state index is 0.830. The summed E-state index contributed by atoms with van der Waals surface area (Å²) < 4.78 is 5.86. The molecule has 1 rings (SSSR count). The van der Waals surface area contributed by atoms with Crippen LogP contribution in [-0.2, 0) is 12.8 Å². The summed E-state index contributed by atoms with van der Waals surface area (Å²) in [4.78, 5) is 0. The van der Waals surface area contributed by atoms with Crippen molar-refractivity contribution in [2.75, 3.05) is 6.61 Å². The molecule has 0 heterocycles. The van der Waals surface area contributed by atoms with E-state index in [0.717, 1.165) is 31.6 Å². The SMILES string of the molecule is CCCCCCOc1[c]ccc(CC)c1CC. The molecule has 1 heteroatoms. The van der Waals surface area contributed by atoms with Crippen LogP contribution in [0.5, 0.6) is 5.75 Å². The molecule has 1 radical (unpaired) electrons. The maximum absolute atomic E-state index is 5.86. The highest BCUT2D eigenvalue weighted by Crippen LogP contribution is 2.23. The van der Waals surface area contributed by atoms with Crippen molar-refractivity contribution in [3.05, 3.63) is 29.3 Å². The third-order valence-electron chi connectivity index (χ3n) is 3.14. The highest BCUT2D eigenvalue weighted by molar-refractivity contribution is 5.39. The molecule has 0 saturated heterocycles. The Bertz CT molecular complexity index is 317. The van der Waals surface area contributed by atoms with Crippen molar-refractivity contribution >= 4 is 0 Å². The summed E-state index contributed by atoms with van der Waals surface area (Å²) >= 11 is 0. The van der Waals surface area contributed by atoms with E-state index in [1.165, 1.54) is 30.4 Å². The van der Waals surface area contributed by atoms with Crippen molar-refractivity contribution in [3.8, 4) is 5.75 Å². The van der Waals surface area contributed by atoms with Gasteiger partial charge in [-0.2, -0.15) is 0 Å². The van der Waals surface area contributed by atoms with Crippen molar-refractivity contribution in [3.63, 3.8) is 0 Å². The van der Waals surface area contributed by atoms with Gasteiger partial charge in [0.05, 0.1) is 6.61 Å². The molecule has 0 bridgehead atoms. The molecular weight excluding hydrogens is 208 g/mol. The summed E-state index contributed by atoms with van der Waals surface area (Å²) in [5, 5.41) is 0. The van der Waals surface area contributed by atoms with Gasteiger partial charge in [0.15, 0.2) is 0 Å². The lowest BCUT2D eigenvalue weighted by Gasteiger charge is -2.13. The van der Waals surface area contributed by atoms with Crippen LogP contribution in [0, 0.1) is 6.07 Å². The summed E-state index contributed by atoms with van der Waals surface area (Å²) in [6.07, 6.45) is 7.11. The van der Waals surface area contributed by atoms with E-state index < -0.39 is 0 Å². The first-order valence-electron chi connectivity index (χ1n) is 6.98. The maximum atomic E-state index is 5.86. The molecule has 1 nitrogen and oxygen atoms in total. The third-order valence-corrected chi connectivity index (χ3v) is 3.14. The monoisotopic (exact) mass is 233 g/mol. The predicted molar refractivity (Wildman–Crippen MR) is 73.7 cm³/mol. The van der Waals surface area contributed by atoms with E-state index >= 15 is 0 Å². The lowest BCUT2D eigenvalue weighted by molar-refractivity contribution is 0.301. The van der Waals surface area contributed by atoms with Crippen molar-refractivity contribution in [2.24, 2.45) is 0 Å². The van der Waals surface area contributed by atoms with Gasteiger partial charge in [0.2, 0.25) is 0 Å². The first-order valence-corrected chi connectivity index (χ1v) is 6.98. The average molecular weight is 233 g/mol. The number of aryl methyl sites for hydroxylation is 1. The first kappa shape index (κ1) is 14.1. The second kappa shape index (κ2) is 8.16. The van der Waals surface area contributed by atoms with E-state index in [0.29, 0.717) is 0 Å². The summed E-state index contributed by atoms with van der Waals surface area (Å²) in [6.45, 7) is 7.44. The van der Waals surface area contributed by atoms with Crippen molar-refractivity contribution < 1.29 is 4.74 Å².